The average molecular weight is 257 g/mol. The SMILES string of the molecule is CCCn1c(CC(NC)C2CC2)nc2ccccc21. The molecule has 0 spiro atoms. The maximum atomic E-state index is 4.85. The van der Waals surface area contributed by atoms with Crippen molar-refractivity contribution in [1.29, 1.82) is 0 Å². The molecule has 1 aromatic carbocycles. The van der Waals surface area contributed by atoms with Gasteiger partial charge in [-0.3, -0.25) is 0 Å². The molecule has 19 heavy (non-hydrogen) atoms. The van der Waals surface area contributed by atoms with Gasteiger partial charge in [-0.2, -0.15) is 0 Å². The fourth-order valence-electron chi connectivity index (χ4n) is 2.95. The third-order valence-electron chi connectivity index (χ3n) is 4.15. The molecule has 1 aliphatic rings. The molecule has 3 heteroatoms. The Kier molecular flexibility index (Phi) is 3.56. The van der Waals surface area contributed by atoms with E-state index in [4.69, 9.17) is 4.98 Å². The topological polar surface area (TPSA) is 29.9 Å². The zero-order chi connectivity index (χ0) is 13.2. The average Bonchev–Trinajstić information content (AvgIpc) is 3.21. The van der Waals surface area contributed by atoms with Crippen LogP contribution < -0.4 is 5.32 Å². The quantitative estimate of drug-likeness (QED) is 0.862. The first-order valence-electron chi connectivity index (χ1n) is 7.45. The highest BCUT2D eigenvalue weighted by Crippen LogP contribution is 2.34. The minimum absolute atomic E-state index is 0.590. The lowest BCUT2D eigenvalue weighted by molar-refractivity contribution is 0.478. The molecule has 0 saturated heterocycles. The zero-order valence-electron chi connectivity index (χ0n) is 11.9. The van der Waals surface area contributed by atoms with Crippen LogP contribution >= 0.6 is 0 Å². The summed E-state index contributed by atoms with van der Waals surface area (Å²) in [6.07, 6.45) is 4.95. The second-order valence-electron chi connectivity index (χ2n) is 5.61. The third-order valence-corrected chi connectivity index (χ3v) is 4.15. The molecular formula is C16H23N3. The van der Waals surface area contributed by atoms with E-state index in [1.165, 1.54) is 24.2 Å². The van der Waals surface area contributed by atoms with E-state index < -0.39 is 0 Å². The highest BCUT2D eigenvalue weighted by molar-refractivity contribution is 5.75. The second kappa shape index (κ2) is 5.33. The largest absolute Gasteiger partial charge is 0.328 e. The number of rotatable bonds is 6. The van der Waals surface area contributed by atoms with Crippen molar-refractivity contribution in [3.63, 3.8) is 0 Å². The van der Waals surface area contributed by atoms with Gasteiger partial charge >= 0.3 is 0 Å². The van der Waals surface area contributed by atoms with E-state index in [2.05, 4.69) is 48.1 Å². The number of hydrogen-bond acceptors (Lipinski definition) is 2. The lowest BCUT2D eigenvalue weighted by atomic mass is 10.1. The molecular weight excluding hydrogens is 234 g/mol. The van der Waals surface area contributed by atoms with E-state index in [0.717, 1.165) is 30.8 Å². The van der Waals surface area contributed by atoms with Gasteiger partial charge in [0.05, 0.1) is 11.0 Å². The first-order valence-corrected chi connectivity index (χ1v) is 7.45. The first kappa shape index (κ1) is 12.7. The number of aryl methyl sites for hydroxylation is 1. The van der Waals surface area contributed by atoms with E-state index in [-0.39, 0.29) is 0 Å². The fraction of sp³-hybridized carbons (Fsp3) is 0.562. The Morgan fingerprint density at radius 1 is 1.37 bits per heavy atom. The van der Waals surface area contributed by atoms with E-state index in [9.17, 15) is 0 Å². The van der Waals surface area contributed by atoms with Crippen LogP contribution in [0.25, 0.3) is 11.0 Å². The molecule has 1 heterocycles. The minimum Gasteiger partial charge on any atom is -0.328 e. The molecule has 1 atom stereocenters. The van der Waals surface area contributed by atoms with Crippen LogP contribution in [0.1, 0.15) is 32.0 Å². The van der Waals surface area contributed by atoms with Gasteiger partial charge in [-0.05, 0) is 44.4 Å². The molecule has 0 aliphatic heterocycles. The van der Waals surface area contributed by atoms with Crippen LogP contribution in [0.4, 0.5) is 0 Å². The van der Waals surface area contributed by atoms with Gasteiger partial charge in [-0.1, -0.05) is 19.1 Å². The van der Waals surface area contributed by atoms with Crippen LogP contribution in [0.3, 0.4) is 0 Å². The Bertz CT molecular complexity index is 554. The van der Waals surface area contributed by atoms with Gasteiger partial charge < -0.3 is 9.88 Å². The van der Waals surface area contributed by atoms with Crippen molar-refractivity contribution in [3.05, 3.63) is 30.1 Å². The van der Waals surface area contributed by atoms with Crippen molar-refractivity contribution in [2.24, 2.45) is 5.92 Å². The third kappa shape index (κ3) is 2.52. The van der Waals surface area contributed by atoms with Gasteiger partial charge in [0.15, 0.2) is 0 Å². The predicted molar refractivity (Wildman–Crippen MR) is 79.3 cm³/mol. The molecule has 1 N–H and O–H groups in total. The number of hydrogen-bond donors (Lipinski definition) is 1. The first-order chi connectivity index (χ1) is 9.33. The molecule has 1 aromatic heterocycles. The maximum absolute atomic E-state index is 4.85. The molecule has 1 unspecified atom stereocenters. The fourth-order valence-corrected chi connectivity index (χ4v) is 2.95. The van der Waals surface area contributed by atoms with E-state index >= 15 is 0 Å². The monoisotopic (exact) mass is 257 g/mol. The number of nitrogens with zero attached hydrogens (tertiary/aromatic N) is 2. The lowest BCUT2D eigenvalue weighted by Gasteiger charge is -2.16. The number of fused-ring (bicyclic) bond motifs is 1. The van der Waals surface area contributed by atoms with Gasteiger partial charge in [-0.15, -0.1) is 0 Å². The van der Waals surface area contributed by atoms with Crippen LogP contribution in [0.5, 0.6) is 0 Å². The number of likely N-dealkylation sites (N-methyl/N-ethyl adjacent to an activating group) is 1. The summed E-state index contributed by atoms with van der Waals surface area (Å²) in [5.41, 5.74) is 2.42. The summed E-state index contributed by atoms with van der Waals surface area (Å²) >= 11 is 0. The highest BCUT2D eigenvalue weighted by Gasteiger charge is 2.31. The molecule has 3 rings (SSSR count). The van der Waals surface area contributed by atoms with Gasteiger partial charge in [0.2, 0.25) is 0 Å². The van der Waals surface area contributed by atoms with Crippen LogP contribution in [0.15, 0.2) is 24.3 Å². The van der Waals surface area contributed by atoms with Crippen molar-refractivity contribution in [1.82, 2.24) is 14.9 Å². The summed E-state index contributed by atoms with van der Waals surface area (Å²) in [6.45, 7) is 3.30. The molecule has 0 amide bonds. The Morgan fingerprint density at radius 2 is 2.16 bits per heavy atom. The summed E-state index contributed by atoms with van der Waals surface area (Å²) in [7, 11) is 2.08. The Labute approximate surface area is 115 Å². The Hall–Kier alpha value is -1.35. The van der Waals surface area contributed by atoms with Crippen molar-refractivity contribution < 1.29 is 0 Å². The van der Waals surface area contributed by atoms with Gasteiger partial charge in [0, 0.05) is 19.0 Å². The number of benzene rings is 1. The van der Waals surface area contributed by atoms with Gasteiger partial charge in [0.1, 0.15) is 5.82 Å². The van der Waals surface area contributed by atoms with E-state index in [0.29, 0.717) is 6.04 Å². The second-order valence-corrected chi connectivity index (χ2v) is 5.61. The standard InChI is InChI=1S/C16H23N3/c1-3-10-19-15-7-5-4-6-13(15)18-16(19)11-14(17-2)12-8-9-12/h4-7,12,14,17H,3,8-11H2,1-2H3. The van der Waals surface area contributed by atoms with Crippen LogP contribution in [-0.2, 0) is 13.0 Å². The highest BCUT2D eigenvalue weighted by atomic mass is 15.1. The van der Waals surface area contributed by atoms with Crippen LogP contribution in [0.2, 0.25) is 0 Å². The van der Waals surface area contributed by atoms with Crippen molar-refractivity contribution in [2.75, 3.05) is 7.05 Å². The van der Waals surface area contributed by atoms with E-state index in [1.54, 1.807) is 0 Å². The van der Waals surface area contributed by atoms with E-state index in [1.807, 2.05) is 0 Å². The number of imidazole rings is 1. The van der Waals surface area contributed by atoms with Crippen LogP contribution in [0, 0.1) is 5.92 Å². The Balaban J connectivity index is 1.94. The molecule has 0 bridgehead atoms. The minimum atomic E-state index is 0.590. The predicted octanol–water partition coefficient (Wildman–Crippen LogP) is 2.99. The molecule has 102 valence electrons. The maximum Gasteiger partial charge on any atom is 0.111 e. The molecule has 1 fully saturated rings. The number of para-hydroxylation sites is 2. The lowest BCUT2D eigenvalue weighted by Crippen LogP contribution is -2.30. The van der Waals surface area contributed by atoms with Crippen molar-refractivity contribution in [3.8, 4) is 0 Å². The van der Waals surface area contributed by atoms with Crippen molar-refractivity contribution in [2.45, 2.75) is 45.2 Å². The summed E-state index contributed by atoms with van der Waals surface area (Å²) in [5, 5.41) is 3.47. The number of aromatic nitrogens is 2. The summed E-state index contributed by atoms with van der Waals surface area (Å²) in [6, 6.07) is 9.08. The summed E-state index contributed by atoms with van der Waals surface area (Å²) in [5.74, 6) is 2.11. The van der Waals surface area contributed by atoms with Gasteiger partial charge in [-0.25, -0.2) is 4.98 Å². The Morgan fingerprint density at radius 3 is 2.84 bits per heavy atom. The summed E-state index contributed by atoms with van der Waals surface area (Å²) in [4.78, 5) is 4.85. The van der Waals surface area contributed by atoms with Gasteiger partial charge in [0.25, 0.3) is 0 Å². The smallest absolute Gasteiger partial charge is 0.111 e. The molecule has 1 aliphatic carbocycles. The van der Waals surface area contributed by atoms with Crippen molar-refractivity contribution >= 4 is 11.0 Å². The molecule has 2 aromatic rings. The normalized spacial score (nSPS) is 16.9. The zero-order valence-corrected chi connectivity index (χ0v) is 11.9. The molecule has 0 radical (unpaired) electrons. The molecule has 3 nitrogen and oxygen atoms in total. The number of nitrogens with one attached hydrogen (secondary N) is 1. The summed E-state index contributed by atoms with van der Waals surface area (Å²) < 4.78 is 2.40. The molecule has 1 saturated carbocycles. The van der Waals surface area contributed by atoms with Crippen LogP contribution in [-0.4, -0.2) is 22.6 Å².